The second-order valence-corrected chi connectivity index (χ2v) is 5.53. The fourth-order valence-electron chi connectivity index (χ4n) is 2.68. The maximum atomic E-state index is 4.27. The van der Waals surface area contributed by atoms with Gasteiger partial charge in [-0.15, -0.1) is 0 Å². The summed E-state index contributed by atoms with van der Waals surface area (Å²) in [5.41, 5.74) is 0. The molecule has 0 aromatic carbocycles. The highest BCUT2D eigenvalue weighted by Crippen LogP contribution is 2.28. The topological polar surface area (TPSA) is 41.1 Å². The van der Waals surface area contributed by atoms with E-state index in [2.05, 4.69) is 36.1 Å². The van der Waals surface area contributed by atoms with Crippen LogP contribution in [0.4, 0.5) is 5.95 Å². The summed E-state index contributed by atoms with van der Waals surface area (Å²) in [6, 6.07) is 0.531. The van der Waals surface area contributed by atoms with Crippen molar-refractivity contribution in [1.29, 1.82) is 0 Å². The van der Waals surface area contributed by atoms with Crippen LogP contribution in [0, 0.1) is 5.92 Å². The average molecular weight is 283 g/mol. The van der Waals surface area contributed by atoms with Crippen molar-refractivity contribution in [3.63, 3.8) is 0 Å². The Morgan fingerprint density at radius 3 is 2.50 bits per heavy atom. The summed E-state index contributed by atoms with van der Waals surface area (Å²) >= 11 is 3.34. The molecule has 16 heavy (non-hydrogen) atoms. The van der Waals surface area contributed by atoms with E-state index in [1.54, 1.807) is 12.4 Å². The minimum Gasteiger partial charge on any atom is -0.350 e. The smallest absolute Gasteiger partial charge is 0.222 e. The lowest BCUT2D eigenvalue weighted by molar-refractivity contribution is 0.0972. The van der Waals surface area contributed by atoms with Gasteiger partial charge in [0.15, 0.2) is 0 Å². The average Bonchev–Trinajstić information content (AvgIpc) is 2.34. The maximum absolute atomic E-state index is 4.27. The van der Waals surface area contributed by atoms with Crippen LogP contribution in [0.1, 0.15) is 12.8 Å². The molecule has 3 saturated heterocycles. The van der Waals surface area contributed by atoms with E-state index >= 15 is 0 Å². The lowest BCUT2D eigenvalue weighted by Gasteiger charge is -2.44. The molecule has 4 rings (SSSR count). The maximum Gasteiger partial charge on any atom is 0.222 e. The molecule has 0 amide bonds. The van der Waals surface area contributed by atoms with E-state index in [4.69, 9.17) is 0 Å². The van der Waals surface area contributed by atoms with E-state index in [1.165, 1.54) is 25.9 Å². The van der Waals surface area contributed by atoms with Crippen molar-refractivity contribution >= 4 is 21.9 Å². The molecule has 0 radical (unpaired) electrons. The first-order valence-corrected chi connectivity index (χ1v) is 6.57. The van der Waals surface area contributed by atoms with Gasteiger partial charge >= 0.3 is 0 Å². The fourth-order valence-corrected chi connectivity index (χ4v) is 2.89. The Kier molecular flexibility index (Phi) is 2.81. The van der Waals surface area contributed by atoms with E-state index < -0.39 is 0 Å². The lowest BCUT2D eigenvalue weighted by atomic mass is 9.84. The van der Waals surface area contributed by atoms with Crippen molar-refractivity contribution in [1.82, 2.24) is 14.9 Å². The molecule has 3 aliphatic heterocycles. The Labute approximate surface area is 104 Å². The van der Waals surface area contributed by atoms with Crippen molar-refractivity contribution in [2.24, 2.45) is 5.92 Å². The van der Waals surface area contributed by atoms with Crippen LogP contribution in [-0.2, 0) is 0 Å². The number of aromatic nitrogens is 2. The van der Waals surface area contributed by atoms with Crippen LogP contribution in [0.2, 0.25) is 0 Å². The molecule has 1 unspecified atom stereocenters. The highest BCUT2D eigenvalue weighted by molar-refractivity contribution is 9.10. The minimum atomic E-state index is 0.531. The van der Waals surface area contributed by atoms with E-state index in [0.29, 0.717) is 6.04 Å². The third kappa shape index (κ3) is 2.06. The Hall–Kier alpha value is -0.680. The zero-order valence-corrected chi connectivity index (χ0v) is 10.7. The second-order valence-electron chi connectivity index (χ2n) is 4.61. The molecular weight excluding hydrogens is 268 g/mol. The number of halogens is 1. The third-order valence-electron chi connectivity index (χ3n) is 3.59. The van der Waals surface area contributed by atoms with Crippen LogP contribution in [0.25, 0.3) is 0 Å². The van der Waals surface area contributed by atoms with Gasteiger partial charge in [0.05, 0.1) is 4.47 Å². The molecule has 2 bridgehead atoms. The summed E-state index contributed by atoms with van der Waals surface area (Å²) in [6.45, 7) is 3.68. The number of hydrogen-bond acceptors (Lipinski definition) is 4. The summed E-state index contributed by atoms with van der Waals surface area (Å²) in [7, 11) is 0. The van der Waals surface area contributed by atoms with Crippen molar-refractivity contribution in [2.45, 2.75) is 18.9 Å². The molecule has 1 atom stereocenters. The highest BCUT2D eigenvalue weighted by Gasteiger charge is 2.34. The van der Waals surface area contributed by atoms with E-state index in [1.807, 2.05) is 0 Å². The van der Waals surface area contributed by atoms with Crippen LogP contribution in [0.15, 0.2) is 16.9 Å². The quantitative estimate of drug-likeness (QED) is 0.897. The molecule has 86 valence electrons. The second kappa shape index (κ2) is 4.30. The normalized spacial score (nSPS) is 32.7. The Morgan fingerprint density at radius 2 is 1.94 bits per heavy atom. The zero-order chi connectivity index (χ0) is 11.0. The Bertz CT molecular complexity index is 359. The van der Waals surface area contributed by atoms with E-state index in [9.17, 15) is 0 Å². The molecule has 5 heteroatoms. The van der Waals surface area contributed by atoms with E-state index in [0.717, 1.165) is 22.9 Å². The molecular formula is C11H15BrN4. The molecule has 1 aromatic rings. The molecule has 4 heterocycles. The highest BCUT2D eigenvalue weighted by atomic mass is 79.9. The standard InChI is InChI=1S/C11H15BrN4/c12-9-5-13-11(14-6-9)15-10-7-16-3-1-8(10)2-4-16/h5-6,8,10H,1-4,7H2,(H,13,14,15). The first-order chi connectivity index (χ1) is 7.81. The van der Waals surface area contributed by atoms with E-state index in [-0.39, 0.29) is 0 Å². The number of piperidine rings is 3. The molecule has 0 spiro atoms. The van der Waals surface area contributed by atoms with Gasteiger partial charge < -0.3 is 10.2 Å². The molecule has 1 aromatic heterocycles. The minimum absolute atomic E-state index is 0.531. The lowest BCUT2D eigenvalue weighted by Crippen LogP contribution is -2.53. The van der Waals surface area contributed by atoms with Gasteiger partial charge in [-0.3, -0.25) is 0 Å². The number of rotatable bonds is 2. The SMILES string of the molecule is Brc1cnc(NC2CN3CCC2CC3)nc1. The summed E-state index contributed by atoms with van der Waals surface area (Å²) in [4.78, 5) is 11.1. The van der Waals surface area contributed by atoms with Gasteiger partial charge in [-0.05, 0) is 47.8 Å². The Morgan fingerprint density at radius 1 is 1.25 bits per heavy atom. The summed E-state index contributed by atoms with van der Waals surface area (Å²) in [5, 5.41) is 3.45. The van der Waals surface area contributed by atoms with Gasteiger partial charge in [0.1, 0.15) is 0 Å². The summed E-state index contributed by atoms with van der Waals surface area (Å²) in [6.07, 6.45) is 6.20. The molecule has 1 N–H and O–H groups in total. The molecule has 0 aliphatic carbocycles. The monoisotopic (exact) mass is 282 g/mol. The number of hydrogen-bond donors (Lipinski definition) is 1. The number of fused-ring (bicyclic) bond motifs is 3. The molecule has 0 saturated carbocycles. The fraction of sp³-hybridized carbons (Fsp3) is 0.636. The predicted octanol–water partition coefficient (Wildman–Crippen LogP) is 1.75. The van der Waals surface area contributed by atoms with Crippen molar-refractivity contribution in [3.8, 4) is 0 Å². The van der Waals surface area contributed by atoms with Crippen LogP contribution in [0.3, 0.4) is 0 Å². The predicted molar refractivity (Wildman–Crippen MR) is 66.3 cm³/mol. The molecule has 3 aliphatic rings. The third-order valence-corrected chi connectivity index (χ3v) is 4.00. The first-order valence-electron chi connectivity index (χ1n) is 5.78. The number of nitrogens with zero attached hydrogens (tertiary/aromatic N) is 3. The van der Waals surface area contributed by atoms with Crippen LogP contribution < -0.4 is 5.32 Å². The zero-order valence-electron chi connectivity index (χ0n) is 9.06. The van der Waals surface area contributed by atoms with Gasteiger partial charge in [0, 0.05) is 25.0 Å². The van der Waals surface area contributed by atoms with Gasteiger partial charge in [-0.1, -0.05) is 0 Å². The first kappa shape index (κ1) is 10.5. The van der Waals surface area contributed by atoms with Crippen LogP contribution in [-0.4, -0.2) is 40.5 Å². The number of anilines is 1. The van der Waals surface area contributed by atoms with Gasteiger partial charge in [0.25, 0.3) is 0 Å². The van der Waals surface area contributed by atoms with Crippen LogP contribution in [0.5, 0.6) is 0 Å². The Balaban J connectivity index is 1.68. The number of nitrogens with one attached hydrogen (secondary N) is 1. The largest absolute Gasteiger partial charge is 0.350 e. The van der Waals surface area contributed by atoms with Gasteiger partial charge in [-0.25, -0.2) is 9.97 Å². The van der Waals surface area contributed by atoms with Crippen molar-refractivity contribution in [3.05, 3.63) is 16.9 Å². The summed E-state index contributed by atoms with van der Waals surface area (Å²) in [5.74, 6) is 1.55. The van der Waals surface area contributed by atoms with Gasteiger partial charge in [-0.2, -0.15) is 0 Å². The molecule has 3 fully saturated rings. The summed E-state index contributed by atoms with van der Waals surface area (Å²) < 4.78 is 0.923. The van der Waals surface area contributed by atoms with Crippen molar-refractivity contribution < 1.29 is 0 Å². The van der Waals surface area contributed by atoms with Gasteiger partial charge in [0.2, 0.25) is 5.95 Å². The van der Waals surface area contributed by atoms with Crippen LogP contribution >= 0.6 is 15.9 Å². The molecule has 4 nitrogen and oxygen atoms in total. The van der Waals surface area contributed by atoms with Crippen molar-refractivity contribution in [2.75, 3.05) is 25.0 Å².